The number of rotatable bonds is 12. The highest BCUT2D eigenvalue weighted by Crippen LogP contribution is 2.42. The van der Waals surface area contributed by atoms with Crippen molar-refractivity contribution in [3.63, 3.8) is 0 Å². The van der Waals surface area contributed by atoms with Crippen molar-refractivity contribution in [2.45, 2.75) is 31.6 Å². The van der Waals surface area contributed by atoms with E-state index in [2.05, 4.69) is 257 Å². The van der Waals surface area contributed by atoms with Crippen molar-refractivity contribution >= 4 is 0 Å². The average Bonchev–Trinajstić information content (AvgIpc) is 3.51. The molecule has 3 atom stereocenters. The molecule has 0 N–H and O–H groups in total. The fourth-order valence-corrected chi connectivity index (χ4v) is 11.6. The monoisotopic (exact) mass is 1050 g/mol. The van der Waals surface area contributed by atoms with Crippen LogP contribution in [0.15, 0.2) is 273 Å². The molecule has 13 rings (SSSR count). The Morgan fingerprint density at radius 1 is 0.378 bits per heavy atom. The Hall–Kier alpha value is -10.6. The molecular formula is C75H55N7. The molecular weight excluding hydrogens is 999 g/mol. The maximum atomic E-state index is 10.7. The van der Waals surface area contributed by atoms with Gasteiger partial charge in [-0.05, 0) is 68.5 Å². The molecule has 0 saturated carbocycles. The highest BCUT2D eigenvalue weighted by atomic mass is 15.0. The standard InChI is InChI=1S/C75H55N7/c1-50-23-10-11-29-58(50)62-32-14-17-35-65(62)73-79-69(77-71(81-73)63-33-15-12-30-59(63)51-24-6-3-7-25-51)55-43-39-53(40-44-55)61-37-22-28-57(49-76)68(61)54-41-45-56(46-42-54)70-78-72(64-34-16-13-31-60(64)52-26-8-4-9-27-52)82-74(80-70)66-36-18-19-38-67(66)75(2)47-20-5-21-48-75/h3-47,50,58H,48H2,1-2H3. The Labute approximate surface area is 478 Å². The predicted octanol–water partition coefficient (Wildman–Crippen LogP) is 18.2. The molecule has 0 fully saturated rings. The topological polar surface area (TPSA) is 101 Å². The molecule has 0 aliphatic heterocycles. The molecule has 7 heteroatoms. The summed E-state index contributed by atoms with van der Waals surface area (Å²) < 4.78 is 0. The third-order valence-electron chi connectivity index (χ3n) is 15.9. The zero-order valence-corrected chi connectivity index (χ0v) is 45.5. The van der Waals surface area contributed by atoms with E-state index in [4.69, 9.17) is 29.9 Å². The summed E-state index contributed by atoms with van der Waals surface area (Å²) in [6, 6.07) is 79.2. The normalized spacial score (nSPS) is 16.2. The van der Waals surface area contributed by atoms with Gasteiger partial charge in [0.25, 0.3) is 0 Å². The summed E-state index contributed by atoms with van der Waals surface area (Å²) in [6.07, 6.45) is 18.3. The first-order chi connectivity index (χ1) is 40.4. The Kier molecular flexibility index (Phi) is 13.8. The van der Waals surface area contributed by atoms with E-state index < -0.39 is 0 Å². The second-order valence-corrected chi connectivity index (χ2v) is 21.1. The van der Waals surface area contributed by atoms with Crippen molar-refractivity contribution in [3.05, 3.63) is 290 Å². The maximum Gasteiger partial charge on any atom is 0.164 e. The van der Waals surface area contributed by atoms with Gasteiger partial charge in [0.2, 0.25) is 0 Å². The van der Waals surface area contributed by atoms with Gasteiger partial charge in [-0.1, -0.05) is 281 Å². The molecule has 3 unspecified atom stereocenters. The van der Waals surface area contributed by atoms with Crippen molar-refractivity contribution in [3.8, 4) is 119 Å². The minimum atomic E-state index is -0.250. The molecule has 0 spiro atoms. The van der Waals surface area contributed by atoms with Gasteiger partial charge in [-0.3, -0.25) is 0 Å². The third-order valence-corrected chi connectivity index (χ3v) is 15.9. The summed E-state index contributed by atoms with van der Waals surface area (Å²) in [7, 11) is 0. The highest BCUT2D eigenvalue weighted by Gasteiger charge is 2.29. The highest BCUT2D eigenvalue weighted by molar-refractivity contribution is 5.89. The lowest BCUT2D eigenvalue weighted by molar-refractivity contribution is 0.601. The van der Waals surface area contributed by atoms with Crippen LogP contribution in [0.25, 0.3) is 113 Å². The summed E-state index contributed by atoms with van der Waals surface area (Å²) in [5.41, 5.74) is 15.8. The van der Waals surface area contributed by atoms with E-state index in [0.29, 0.717) is 46.4 Å². The summed E-state index contributed by atoms with van der Waals surface area (Å²) in [4.78, 5) is 31.6. The van der Waals surface area contributed by atoms with Crippen molar-refractivity contribution in [2.24, 2.45) is 5.92 Å². The zero-order valence-electron chi connectivity index (χ0n) is 45.5. The lowest BCUT2D eigenvalue weighted by atomic mass is 9.75. The Bertz CT molecular complexity index is 4340. The average molecular weight is 1050 g/mol. The van der Waals surface area contributed by atoms with Gasteiger partial charge in [0, 0.05) is 50.3 Å². The first kappa shape index (κ1) is 50.9. The maximum absolute atomic E-state index is 10.7. The van der Waals surface area contributed by atoms with E-state index in [0.717, 1.165) is 95.4 Å². The lowest BCUT2D eigenvalue weighted by Gasteiger charge is -2.29. The number of benzene rings is 9. The van der Waals surface area contributed by atoms with Crippen LogP contribution in [0, 0.1) is 17.2 Å². The zero-order chi connectivity index (χ0) is 55.4. The SMILES string of the molecule is CC1C=CC=CC1c1ccccc1-c1nc(-c2ccc(-c3cccc(C#N)c3-c3ccc(-c4nc(-c5ccccc5-c5ccccc5)nc(-c5ccccc5C5(C)C=CC=CC5)n4)cc3)cc2)nc(-c2ccccc2-c2ccccc2)n1. The minimum absolute atomic E-state index is 0.160. The quantitative estimate of drug-likeness (QED) is 0.120. The van der Waals surface area contributed by atoms with Crippen molar-refractivity contribution in [2.75, 3.05) is 0 Å². The van der Waals surface area contributed by atoms with E-state index in [1.807, 2.05) is 36.4 Å². The second-order valence-electron chi connectivity index (χ2n) is 21.1. The van der Waals surface area contributed by atoms with E-state index in [9.17, 15) is 5.26 Å². The predicted molar refractivity (Wildman–Crippen MR) is 333 cm³/mol. The van der Waals surface area contributed by atoms with Gasteiger partial charge in [-0.25, -0.2) is 29.9 Å². The van der Waals surface area contributed by atoms with E-state index in [1.54, 1.807) is 0 Å². The number of nitrogens with zero attached hydrogens (tertiary/aromatic N) is 7. The minimum Gasteiger partial charge on any atom is -0.208 e. The van der Waals surface area contributed by atoms with E-state index >= 15 is 0 Å². The molecule has 0 amide bonds. The van der Waals surface area contributed by atoms with Crippen LogP contribution in [-0.4, -0.2) is 29.9 Å². The van der Waals surface area contributed by atoms with Crippen LogP contribution >= 0.6 is 0 Å². The van der Waals surface area contributed by atoms with Crippen LogP contribution in [-0.2, 0) is 5.41 Å². The van der Waals surface area contributed by atoms with Crippen molar-refractivity contribution < 1.29 is 0 Å². The second kappa shape index (κ2) is 22.3. The van der Waals surface area contributed by atoms with Gasteiger partial charge in [0.1, 0.15) is 0 Å². The summed E-state index contributed by atoms with van der Waals surface area (Å²) in [5, 5.41) is 10.7. The lowest BCUT2D eigenvalue weighted by Crippen LogP contribution is -2.21. The van der Waals surface area contributed by atoms with Crippen LogP contribution < -0.4 is 0 Å². The first-order valence-electron chi connectivity index (χ1n) is 27.8. The molecule has 2 aromatic heterocycles. The molecule has 0 radical (unpaired) electrons. The van der Waals surface area contributed by atoms with Gasteiger partial charge in [0.15, 0.2) is 34.9 Å². The molecule has 82 heavy (non-hydrogen) atoms. The molecule has 2 heterocycles. The smallest absolute Gasteiger partial charge is 0.164 e. The number of aromatic nitrogens is 6. The van der Waals surface area contributed by atoms with E-state index in [-0.39, 0.29) is 11.3 Å². The van der Waals surface area contributed by atoms with Crippen LogP contribution in [0.1, 0.15) is 42.9 Å². The van der Waals surface area contributed by atoms with Crippen molar-refractivity contribution in [1.29, 1.82) is 5.26 Å². The van der Waals surface area contributed by atoms with Gasteiger partial charge in [-0.2, -0.15) is 5.26 Å². The van der Waals surface area contributed by atoms with Gasteiger partial charge in [0.05, 0.1) is 11.6 Å². The number of allylic oxidation sites excluding steroid dienone is 8. The van der Waals surface area contributed by atoms with Crippen LogP contribution in [0.4, 0.5) is 0 Å². The first-order valence-corrected chi connectivity index (χ1v) is 27.8. The third kappa shape index (κ3) is 9.99. The molecule has 0 bridgehead atoms. The van der Waals surface area contributed by atoms with Crippen LogP contribution in [0.2, 0.25) is 0 Å². The number of nitriles is 1. The fourth-order valence-electron chi connectivity index (χ4n) is 11.6. The fraction of sp³-hybridized carbons (Fsp3) is 0.0800. The molecule has 2 aliphatic carbocycles. The molecule has 0 saturated heterocycles. The summed E-state index contributed by atoms with van der Waals surface area (Å²) in [5.74, 6) is 3.95. The van der Waals surface area contributed by atoms with Crippen LogP contribution in [0.5, 0.6) is 0 Å². The molecule has 390 valence electrons. The van der Waals surface area contributed by atoms with Gasteiger partial charge < -0.3 is 0 Å². The molecule has 7 nitrogen and oxygen atoms in total. The van der Waals surface area contributed by atoms with Gasteiger partial charge in [-0.15, -0.1) is 0 Å². The molecule has 9 aromatic carbocycles. The number of hydrogen-bond donors (Lipinski definition) is 0. The summed E-state index contributed by atoms with van der Waals surface area (Å²) >= 11 is 0. The largest absolute Gasteiger partial charge is 0.208 e. The molecule has 2 aliphatic rings. The van der Waals surface area contributed by atoms with E-state index in [1.165, 1.54) is 0 Å². The van der Waals surface area contributed by atoms with Crippen molar-refractivity contribution in [1.82, 2.24) is 29.9 Å². The summed E-state index contributed by atoms with van der Waals surface area (Å²) in [6.45, 7) is 4.52. The molecule has 11 aromatic rings. The number of hydrogen-bond acceptors (Lipinski definition) is 7. The Morgan fingerprint density at radius 3 is 1.38 bits per heavy atom. The Balaban J connectivity index is 0.891. The Morgan fingerprint density at radius 2 is 0.817 bits per heavy atom. The van der Waals surface area contributed by atoms with Crippen LogP contribution in [0.3, 0.4) is 0 Å². The van der Waals surface area contributed by atoms with Gasteiger partial charge >= 0.3 is 0 Å².